The number of aromatic hydroxyl groups is 1. The summed E-state index contributed by atoms with van der Waals surface area (Å²) in [6.07, 6.45) is 3.12. The van der Waals surface area contributed by atoms with E-state index in [4.69, 9.17) is 9.47 Å². The molecule has 3 aromatic carbocycles. The van der Waals surface area contributed by atoms with Gasteiger partial charge in [0.05, 0.1) is 12.5 Å². The molecule has 1 atom stereocenters. The van der Waals surface area contributed by atoms with Gasteiger partial charge in [0.25, 0.3) is 0 Å². The number of methoxy groups -OCH3 is 1. The average Bonchev–Trinajstić information content (AvgIpc) is 2.94. The Hall–Kier alpha value is -2.68. The standard InChI is InChI=1S/C21H18O3/c1-23-17-10-8-15-19-18(11-9-16(22)20(17)19)24-21(15)12-4-6-13-5-2-3-7-14(13)21/h2-3,5,7-11,22H,4,6,12H2,1H3/t21-/m1/s1. The van der Waals surface area contributed by atoms with Crippen molar-refractivity contribution in [3.05, 3.63) is 65.2 Å². The van der Waals surface area contributed by atoms with Crippen LogP contribution in [0.1, 0.15) is 29.5 Å². The Balaban J connectivity index is 1.87. The number of benzene rings is 3. The van der Waals surface area contributed by atoms with Crippen LogP contribution < -0.4 is 9.47 Å². The predicted octanol–water partition coefficient (Wildman–Crippen LogP) is 4.53. The van der Waals surface area contributed by atoms with E-state index in [0.717, 1.165) is 41.3 Å². The first kappa shape index (κ1) is 13.7. The molecule has 3 aromatic rings. The van der Waals surface area contributed by atoms with E-state index in [9.17, 15) is 5.11 Å². The molecule has 24 heavy (non-hydrogen) atoms. The predicted molar refractivity (Wildman–Crippen MR) is 93.0 cm³/mol. The minimum atomic E-state index is -0.449. The second-order valence-corrected chi connectivity index (χ2v) is 6.59. The number of fused-ring (bicyclic) bond motifs is 3. The topological polar surface area (TPSA) is 38.7 Å². The molecule has 0 fully saturated rings. The molecule has 0 saturated heterocycles. The van der Waals surface area contributed by atoms with E-state index in [1.165, 1.54) is 11.1 Å². The van der Waals surface area contributed by atoms with Gasteiger partial charge in [0, 0.05) is 16.5 Å². The van der Waals surface area contributed by atoms with Crippen molar-refractivity contribution in [3.8, 4) is 17.2 Å². The summed E-state index contributed by atoms with van der Waals surface area (Å²) in [6.45, 7) is 0. The third kappa shape index (κ3) is 1.57. The lowest BCUT2D eigenvalue weighted by atomic mass is 9.75. The van der Waals surface area contributed by atoms with E-state index in [-0.39, 0.29) is 5.75 Å². The molecule has 0 saturated carbocycles. The molecule has 0 unspecified atom stereocenters. The molecule has 3 heteroatoms. The van der Waals surface area contributed by atoms with E-state index in [1.807, 2.05) is 12.1 Å². The molecular weight excluding hydrogens is 300 g/mol. The number of hydrogen-bond acceptors (Lipinski definition) is 3. The van der Waals surface area contributed by atoms with Crippen molar-refractivity contribution in [2.75, 3.05) is 7.11 Å². The second-order valence-electron chi connectivity index (χ2n) is 6.59. The molecule has 1 heterocycles. The van der Waals surface area contributed by atoms with E-state index in [0.29, 0.717) is 5.75 Å². The summed E-state index contributed by atoms with van der Waals surface area (Å²) in [7, 11) is 1.63. The molecule has 120 valence electrons. The van der Waals surface area contributed by atoms with Crippen LogP contribution in [-0.4, -0.2) is 12.2 Å². The van der Waals surface area contributed by atoms with Crippen LogP contribution in [0.4, 0.5) is 0 Å². The van der Waals surface area contributed by atoms with Crippen molar-refractivity contribution >= 4 is 10.8 Å². The maximum absolute atomic E-state index is 10.4. The maximum atomic E-state index is 10.4. The summed E-state index contributed by atoms with van der Waals surface area (Å²) in [5, 5.41) is 12.1. The zero-order valence-electron chi connectivity index (χ0n) is 13.5. The van der Waals surface area contributed by atoms with Gasteiger partial charge in [0.1, 0.15) is 17.2 Å². The molecule has 5 rings (SSSR count). The Morgan fingerprint density at radius 2 is 1.88 bits per heavy atom. The number of phenols is 1. The Morgan fingerprint density at radius 1 is 1.00 bits per heavy atom. The highest BCUT2D eigenvalue weighted by Gasteiger charge is 2.46. The first-order chi connectivity index (χ1) is 11.7. The smallest absolute Gasteiger partial charge is 0.160 e. The monoisotopic (exact) mass is 318 g/mol. The molecule has 1 N–H and O–H groups in total. The van der Waals surface area contributed by atoms with Gasteiger partial charge in [-0.15, -0.1) is 0 Å². The van der Waals surface area contributed by atoms with Gasteiger partial charge in [-0.1, -0.05) is 30.3 Å². The van der Waals surface area contributed by atoms with E-state index in [2.05, 4.69) is 30.3 Å². The number of hydrogen-bond donors (Lipinski definition) is 1. The Labute approximate surface area is 140 Å². The minimum absolute atomic E-state index is 0.234. The summed E-state index contributed by atoms with van der Waals surface area (Å²) < 4.78 is 12.0. The fourth-order valence-corrected chi connectivity index (χ4v) is 4.43. The summed E-state index contributed by atoms with van der Waals surface area (Å²) in [4.78, 5) is 0. The molecule has 0 aromatic heterocycles. The summed E-state index contributed by atoms with van der Waals surface area (Å²) >= 11 is 0. The van der Waals surface area contributed by atoms with Crippen molar-refractivity contribution in [2.45, 2.75) is 24.9 Å². The molecule has 0 radical (unpaired) electrons. The lowest BCUT2D eigenvalue weighted by Crippen LogP contribution is -2.35. The first-order valence-electron chi connectivity index (χ1n) is 8.35. The van der Waals surface area contributed by atoms with Crippen molar-refractivity contribution in [3.63, 3.8) is 0 Å². The van der Waals surface area contributed by atoms with Crippen LogP contribution in [0, 0.1) is 0 Å². The molecule has 2 aliphatic rings. The molecular formula is C21H18O3. The van der Waals surface area contributed by atoms with Gasteiger partial charge in [-0.3, -0.25) is 0 Å². The van der Waals surface area contributed by atoms with Crippen molar-refractivity contribution in [1.82, 2.24) is 0 Å². The fourth-order valence-electron chi connectivity index (χ4n) is 4.43. The van der Waals surface area contributed by atoms with Crippen molar-refractivity contribution in [2.24, 2.45) is 0 Å². The Kier molecular flexibility index (Phi) is 2.67. The van der Waals surface area contributed by atoms with Crippen LogP contribution in [0.15, 0.2) is 48.5 Å². The molecule has 0 bridgehead atoms. The normalized spacial score (nSPS) is 20.9. The summed E-state index contributed by atoms with van der Waals surface area (Å²) in [5.74, 6) is 1.74. The second kappa shape index (κ2) is 4.67. The number of rotatable bonds is 1. The SMILES string of the molecule is COc1ccc2c3c(ccc(O)c13)O[C@@]21CCCc2ccccc21. The fraction of sp³-hybridized carbons (Fsp3) is 0.238. The van der Waals surface area contributed by atoms with Crippen LogP contribution >= 0.6 is 0 Å². The number of phenolic OH excluding ortho intramolecular Hbond substituents is 1. The average molecular weight is 318 g/mol. The minimum Gasteiger partial charge on any atom is -0.507 e. The van der Waals surface area contributed by atoms with E-state index < -0.39 is 5.60 Å². The maximum Gasteiger partial charge on any atom is 0.160 e. The summed E-state index contributed by atoms with van der Waals surface area (Å²) in [6, 6.07) is 16.1. The van der Waals surface area contributed by atoms with E-state index in [1.54, 1.807) is 13.2 Å². The molecule has 1 aliphatic carbocycles. The molecule has 0 amide bonds. The summed E-state index contributed by atoms with van der Waals surface area (Å²) in [5.41, 5.74) is 3.29. The van der Waals surface area contributed by atoms with Crippen molar-refractivity contribution in [1.29, 1.82) is 0 Å². The molecule has 3 nitrogen and oxygen atoms in total. The number of ether oxygens (including phenoxy) is 2. The van der Waals surface area contributed by atoms with Gasteiger partial charge in [-0.25, -0.2) is 0 Å². The quantitative estimate of drug-likeness (QED) is 0.716. The van der Waals surface area contributed by atoms with Crippen LogP contribution in [0.5, 0.6) is 17.2 Å². The van der Waals surface area contributed by atoms with Crippen molar-refractivity contribution < 1.29 is 14.6 Å². The van der Waals surface area contributed by atoms with Crippen LogP contribution in [-0.2, 0) is 12.0 Å². The van der Waals surface area contributed by atoms with Gasteiger partial charge < -0.3 is 14.6 Å². The van der Waals surface area contributed by atoms with Crippen LogP contribution in [0.3, 0.4) is 0 Å². The van der Waals surface area contributed by atoms with Crippen LogP contribution in [0.25, 0.3) is 10.8 Å². The highest BCUT2D eigenvalue weighted by atomic mass is 16.5. The van der Waals surface area contributed by atoms with Gasteiger partial charge in [0.2, 0.25) is 0 Å². The number of aryl methyl sites for hydroxylation is 1. The zero-order chi connectivity index (χ0) is 16.3. The van der Waals surface area contributed by atoms with E-state index >= 15 is 0 Å². The van der Waals surface area contributed by atoms with Crippen LogP contribution in [0.2, 0.25) is 0 Å². The van der Waals surface area contributed by atoms with Gasteiger partial charge in [0.15, 0.2) is 5.60 Å². The van der Waals surface area contributed by atoms with Gasteiger partial charge in [-0.05, 0) is 43.0 Å². The van der Waals surface area contributed by atoms with Gasteiger partial charge in [-0.2, -0.15) is 0 Å². The lowest BCUT2D eigenvalue weighted by molar-refractivity contribution is 0.105. The first-order valence-corrected chi connectivity index (χ1v) is 8.35. The largest absolute Gasteiger partial charge is 0.507 e. The molecule has 1 spiro atoms. The highest BCUT2D eigenvalue weighted by molar-refractivity contribution is 6.02. The lowest BCUT2D eigenvalue weighted by Gasteiger charge is -2.36. The Morgan fingerprint density at radius 3 is 2.75 bits per heavy atom. The Bertz CT molecular complexity index is 976. The third-order valence-corrected chi connectivity index (χ3v) is 5.43. The highest BCUT2D eigenvalue weighted by Crippen LogP contribution is 2.55. The molecule has 1 aliphatic heterocycles. The zero-order valence-corrected chi connectivity index (χ0v) is 13.5. The van der Waals surface area contributed by atoms with Gasteiger partial charge >= 0.3 is 0 Å². The third-order valence-electron chi connectivity index (χ3n) is 5.43.